The predicted octanol–water partition coefficient (Wildman–Crippen LogP) is 3.20. The van der Waals surface area contributed by atoms with Crippen LogP contribution in [0.5, 0.6) is 0 Å². The quantitative estimate of drug-likeness (QED) is 0.459. The van der Waals surface area contributed by atoms with Crippen LogP contribution in [0.15, 0.2) is 42.5 Å². The molecule has 0 aromatic rings. The topological polar surface area (TPSA) is 0 Å². The van der Waals surface area contributed by atoms with Crippen molar-refractivity contribution in [3.63, 3.8) is 0 Å². The molecule has 0 spiro atoms. The fraction of sp³-hybridized carbons (Fsp3) is 0.273. The molecule has 1 rings (SSSR count). The third kappa shape index (κ3) is 4.38. The van der Waals surface area contributed by atoms with E-state index in [9.17, 15) is 0 Å². The standard InChI is InChI=1S/C11H13/c1-2-4-6-8-10-11-9-7-5-3-1/h1-3,6,8-9,11H,4,7,10H2/b2-1+,5-3?,8-6-,11-9+. The molecule has 0 fully saturated rings. The first-order chi connectivity index (χ1) is 5.50. The summed E-state index contributed by atoms with van der Waals surface area (Å²) in [5.74, 6) is 0. The van der Waals surface area contributed by atoms with Crippen LogP contribution in [0.4, 0.5) is 0 Å². The van der Waals surface area contributed by atoms with Crippen LogP contribution in [0, 0.1) is 6.08 Å². The molecule has 1 aliphatic carbocycles. The summed E-state index contributed by atoms with van der Waals surface area (Å²) in [6.45, 7) is 0. The summed E-state index contributed by atoms with van der Waals surface area (Å²) in [6.07, 6.45) is 21.0. The highest BCUT2D eigenvalue weighted by molar-refractivity contribution is 5.06. The van der Waals surface area contributed by atoms with Gasteiger partial charge in [0.2, 0.25) is 0 Å². The van der Waals surface area contributed by atoms with Gasteiger partial charge in [0, 0.05) is 0 Å². The van der Waals surface area contributed by atoms with Gasteiger partial charge in [0.15, 0.2) is 0 Å². The molecule has 11 heavy (non-hydrogen) atoms. The minimum absolute atomic E-state index is 0.929. The van der Waals surface area contributed by atoms with Gasteiger partial charge in [-0.05, 0) is 25.3 Å². The highest BCUT2D eigenvalue weighted by atomic mass is 13.8. The van der Waals surface area contributed by atoms with E-state index < -0.39 is 0 Å². The fourth-order valence-corrected chi connectivity index (χ4v) is 0.880. The van der Waals surface area contributed by atoms with Gasteiger partial charge in [0.1, 0.15) is 0 Å². The molecule has 0 unspecified atom stereocenters. The molecule has 0 atom stereocenters. The Balaban J connectivity index is 2.47. The van der Waals surface area contributed by atoms with Gasteiger partial charge in [-0.2, -0.15) is 0 Å². The Bertz CT molecular complexity index is 170. The second-order valence-electron chi connectivity index (χ2n) is 2.42. The number of rotatable bonds is 0. The van der Waals surface area contributed by atoms with Crippen LogP contribution in [-0.2, 0) is 0 Å². The van der Waals surface area contributed by atoms with Crippen molar-refractivity contribution >= 4 is 0 Å². The third-order valence-electron chi connectivity index (χ3n) is 1.46. The molecular weight excluding hydrogens is 132 g/mol. The van der Waals surface area contributed by atoms with Crippen molar-refractivity contribution in [2.45, 2.75) is 19.3 Å². The van der Waals surface area contributed by atoms with E-state index in [0.717, 1.165) is 19.3 Å². The van der Waals surface area contributed by atoms with Crippen LogP contribution < -0.4 is 0 Å². The monoisotopic (exact) mass is 145 g/mol. The average molecular weight is 145 g/mol. The van der Waals surface area contributed by atoms with E-state index in [1.807, 2.05) is 12.2 Å². The largest absolute Gasteiger partial charge is 0.0844 e. The molecule has 0 aromatic heterocycles. The van der Waals surface area contributed by atoms with Gasteiger partial charge in [-0.3, -0.25) is 0 Å². The van der Waals surface area contributed by atoms with Crippen LogP contribution in [0.2, 0.25) is 0 Å². The Kier molecular flexibility index (Phi) is 4.19. The zero-order chi connectivity index (χ0) is 7.78. The van der Waals surface area contributed by atoms with Crippen molar-refractivity contribution in [3.8, 4) is 0 Å². The number of hydrogen-bond acceptors (Lipinski definition) is 0. The fourth-order valence-electron chi connectivity index (χ4n) is 0.880. The SMILES string of the molecule is [C]1=C\C=C\C/C=C\C/C=C/C/1. The molecule has 0 saturated heterocycles. The summed E-state index contributed by atoms with van der Waals surface area (Å²) in [7, 11) is 0. The lowest BCUT2D eigenvalue weighted by Crippen LogP contribution is -1.60. The van der Waals surface area contributed by atoms with Crippen LogP contribution in [-0.4, -0.2) is 0 Å². The Hall–Kier alpha value is -1.04. The second-order valence-corrected chi connectivity index (χ2v) is 2.42. The zero-order valence-corrected chi connectivity index (χ0v) is 6.66. The molecule has 1 radical (unpaired) electrons. The molecule has 0 bridgehead atoms. The van der Waals surface area contributed by atoms with E-state index in [1.54, 1.807) is 0 Å². The lowest BCUT2D eigenvalue weighted by molar-refractivity contribution is 1.27. The van der Waals surface area contributed by atoms with E-state index in [-0.39, 0.29) is 0 Å². The van der Waals surface area contributed by atoms with Crippen LogP contribution >= 0.6 is 0 Å². The van der Waals surface area contributed by atoms with E-state index in [0.29, 0.717) is 0 Å². The molecule has 1 aliphatic rings. The lowest BCUT2D eigenvalue weighted by atomic mass is 10.3. The highest BCUT2D eigenvalue weighted by Gasteiger charge is 1.75. The zero-order valence-electron chi connectivity index (χ0n) is 6.66. The third-order valence-corrected chi connectivity index (χ3v) is 1.46. The van der Waals surface area contributed by atoms with Gasteiger partial charge in [-0.15, -0.1) is 0 Å². The first-order valence-electron chi connectivity index (χ1n) is 4.02. The molecule has 0 N–H and O–H groups in total. The van der Waals surface area contributed by atoms with Gasteiger partial charge in [0.25, 0.3) is 0 Å². The maximum absolute atomic E-state index is 3.16. The molecule has 57 valence electrons. The van der Waals surface area contributed by atoms with E-state index >= 15 is 0 Å². The molecule has 0 nitrogen and oxygen atoms in total. The van der Waals surface area contributed by atoms with Crippen LogP contribution in [0.1, 0.15) is 19.3 Å². The number of allylic oxidation sites excluding steroid dienone is 8. The normalized spacial score (nSPS) is 29.8. The van der Waals surface area contributed by atoms with Crippen LogP contribution in [0.3, 0.4) is 0 Å². The van der Waals surface area contributed by atoms with E-state index in [4.69, 9.17) is 0 Å². The van der Waals surface area contributed by atoms with Crippen molar-refractivity contribution in [1.82, 2.24) is 0 Å². The summed E-state index contributed by atoms with van der Waals surface area (Å²) in [5.41, 5.74) is 0. The highest BCUT2D eigenvalue weighted by Crippen LogP contribution is 1.95. The summed E-state index contributed by atoms with van der Waals surface area (Å²) < 4.78 is 0. The number of hydrogen-bond donors (Lipinski definition) is 0. The summed E-state index contributed by atoms with van der Waals surface area (Å²) in [4.78, 5) is 0. The minimum Gasteiger partial charge on any atom is -0.0844 e. The van der Waals surface area contributed by atoms with Gasteiger partial charge < -0.3 is 0 Å². The molecule has 0 heterocycles. The van der Waals surface area contributed by atoms with Crippen molar-refractivity contribution in [1.29, 1.82) is 0 Å². The molecule has 0 saturated carbocycles. The predicted molar refractivity (Wildman–Crippen MR) is 49.1 cm³/mol. The summed E-state index contributed by atoms with van der Waals surface area (Å²) in [6, 6.07) is 0. The Morgan fingerprint density at radius 2 is 1.55 bits per heavy atom. The van der Waals surface area contributed by atoms with Gasteiger partial charge in [-0.1, -0.05) is 42.5 Å². The molecule has 0 aromatic carbocycles. The van der Waals surface area contributed by atoms with Crippen molar-refractivity contribution < 1.29 is 0 Å². The Morgan fingerprint density at radius 1 is 0.818 bits per heavy atom. The summed E-state index contributed by atoms with van der Waals surface area (Å²) >= 11 is 0. The van der Waals surface area contributed by atoms with Crippen molar-refractivity contribution in [2.24, 2.45) is 0 Å². The molecule has 0 aliphatic heterocycles. The van der Waals surface area contributed by atoms with E-state index in [2.05, 4.69) is 36.5 Å². The molecule has 0 amide bonds. The van der Waals surface area contributed by atoms with Gasteiger partial charge >= 0.3 is 0 Å². The Morgan fingerprint density at radius 3 is 2.45 bits per heavy atom. The second kappa shape index (κ2) is 5.72. The maximum Gasteiger partial charge on any atom is -0.00945 e. The van der Waals surface area contributed by atoms with Gasteiger partial charge in [-0.25, -0.2) is 0 Å². The van der Waals surface area contributed by atoms with Gasteiger partial charge in [0.05, 0.1) is 0 Å². The summed E-state index contributed by atoms with van der Waals surface area (Å²) in [5, 5.41) is 0. The van der Waals surface area contributed by atoms with Crippen LogP contribution in [0.25, 0.3) is 0 Å². The Labute approximate surface area is 68.6 Å². The lowest BCUT2D eigenvalue weighted by Gasteiger charge is -1.80. The first-order valence-corrected chi connectivity index (χ1v) is 4.02. The minimum atomic E-state index is 0.929. The molecular formula is C11H13. The molecule has 0 heteroatoms. The smallest absolute Gasteiger partial charge is 0.00945 e. The first kappa shape index (κ1) is 8.06. The van der Waals surface area contributed by atoms with Crippen molar-refractivity contribution in [2.75, 3.05) is 0 Å². The van der Waals surface area contributed by atoms with Crippen molar-refractivity contribution in [3.05, 3.63) is 48.6 Å². The van der Waals surface area contributed by atoms with E-state index in [1.165, 1.54) is 0 Å². The maximum atomic E-state index is 3.16. The average Bonchev–Trinajstić information content (AvgIpc) is 2.08.